The fourth-order valence-corrected chi connectivity index (χ4v) is 5.33. The lowest BCUT2D eigenvalue weighted by molar-refractivity contribution is -0.152. The van der Waals surface area contributed by atoms with E-state index in [1.54, 1.807) is 14.0 Å². The number of methoxy groups -OCH3 is 1. The van der Waals surface area contributed by atoms with Crippen molar-refractivity contribution in [3.63, 3.8) is 0 Å². The van der Waals surface area contributed by atoms with Gasteiger partial charge in [-0.15, -0.1) is 0 Å². The summed E-state index contributed by atoms with van der Waals surface area (Å²) < 4.78 is 10.8. The molecule has 0 bridgehead atoms. The van der Waals surface area contributed by atoms with Gasteiger partial charge in [-0.05, 0) is 75.7 Å². The standard InChI is InChI=1S/C35H59NO8/c1-6-12-33-34(41)36-23-30(38)22-32(40)31(39)20-19-28(24-43-5)16-10-14-27(7-2)15-11-18-29(37)17-9-8-13-25(3)21-26(4)35(42)44-33/h10,14,16,21,25,27,30-33,38-40H,6-9,11-13,15,17-20,22-24H2,1-5H3,(H,36,41)/b14-10?,26-21+,28-16-/t25-,27+,30+,31-,32+,33+/m1/s1. The smallest absolute Gasteiger partial charge is 0.334 e. The van der Waals surface area contributed by atoms with E-state index in [9.17, 15) is 29.7 Å². The molecular formula is C35H59NO8. The molecule has 0 radical (unpaired) electrons. The summed E-state index contributed by atoms with van der Waals surface area (Å²) in [5.74, 6) is -0.300. The molecule has 0 saturated carbocycles. The largest absolute Gasteiger partial charge is 0.449 e. The van der Waals surface area contributed by atoms with Crippen LogP contribution in [0.4, 0.5) is 0 Å². The number of ketones is 1. The van der Waals surface area contributed by atoms with Crippen molar-refractivity contribution in [3.8, 4) is 0 Å². The fourth-order valence-electron chi connectivity index (χ4n) is 5.33. The Labute approximate surface area is 265 Å². The van der Waals surface area contributed by atoms with Gasteiger partial charge in [0, 0.05) is 38.5 Å². The van der Waals surface area contributed by atoms with E-state index in [2.05, 4.69) is 18.3 Å². The number of β-amino-alcohol motifs (C(OH)–C–C–N with tert-alkyl or cyclic N) is 1. The first kappa shape index (κ1) is 39.7. The summed E-state index contributed by atoms with van der Waals surface area (Å²) in [7, 11) is 1.61. The summed E-state index contributed by atoms with van der Waals surface area (Å²) in [5, 5.41) is 34.1. The summed E-state index contributed by atoms with van der Waals surface area (Å²) in [6.07, 6.45) is 11.7. The van der Waals surface area contributed by atoms with Crippen molar-refractivity contribution in [1.82, 2.24) is 5.32 Å². The summed E-state index contributed by atoms with van der Waals surface area (Å²) in [4.78, 5) is 38.0. The van der Waals surface area contributed by atoms with Gasteiger partial charge in [-0.2, -0.15) is 0 Å². The van der Waals surface area contributed by atoms with Crippen LogP contribution >= 0.6 is 0 Å². The number of amides is 1. The number of carbonyl (C=O) groups excluding carboxylic acids is 3. The zero-order valence-electron chi connectivity index (χ0n) is 27.8. The fraction of sp³-hybridized carbons (Fsp3) is 0.743. The number of rotatable bonds is 5. The van der Waals surface area contributed by atoms with Gasteiger partial charge < -0.3 is 30.1 Å². The molecule has 1 heterocycles. The molecule has 1 aliphatic heterocycles. The number of carbonyl (C=O) groups is 3. The van der Waals surface area contributed by atoms with Crippen LogP contribution in [-0.2, 0) is 23.9 Å². The number of nitrogens with one attached hydrogen (secondary N) is 1. The van der Waals surface area contributed by atoms with Crippen LogP contribution in [0.2, 0.25) is 0 Å². The minimum atomic E-state index is -1.18. The summed E-state index contributed by atoms with van der Waals surface area (Å²) >= 11 is 0. The third-order valence-electron chi connectivity index (χ3n) is 8.14. The molecule has 0 aliphatic carbocycles. The number of Topliss-reactive ketones (excluding diaryl/α,β-unsaturated/α-hetero) is 1. The van der Waals surface area contributed by atoms with Gasteiger partial charge in [0.1, 0.15) is 5.78 Å². The third kappa shape index (κ3) is 17.2. The maximum absolute atomic E-state index is 12.8. The number of ether oxygens (including phenoxy) is 2. The molecule has 4 N–H and O–H groups in total. The zero-order valence-corrected chi connectivity index (χ0v) is 27.8. The molecule has 44 heavy (non-hydrogen) atoms. The molecular weight excluding hydrogens is 562 g/mol. The van der Waals surface area contributed by atoms with Crippen LogP contribution in [0.25, 0.3) is 0 Å². The Morgan fingerprint density at radius 1 is 0.977 bits per heavy atom. The summed E-state index contributed by atoms with van der Waals surface area (Å²) in [5.41, 5.74) is 1.40. The second kappa shape index (κ2) is 23.1. The van der Waals surface area contributed by atoms with Gasteiger partial charge in [0.15, 0.2) is 6.10 Å². The number of allylic oxidation sites excluding steroid dienone is 4. The van der Waals surface area contributed by atoms with Crippen molar-refractivity contribution < 1.29 is 39.2 Å². The number of hydrogen-bond donors (Lipinski definition) is 4. The second-order valence-electron chi connectivity index (χ2n) is 12.3. The molecule has 0 aromatic rings. The Morgan fingerprint density at radius 2 is 1.70 bits per heavy atom. The molecule has 0 unspecified atom stereocenters. The minimum absolute atomic E-state index is 0.121. The van der Waals surface area contributed by atoms with Crippen LogP contribution in [-0.4, -0.2) is 77.7 Å². The summed E-state index contributed by atoms with van der Waals surface area (Å²) in [6.45, 7) is 7.96. The first-order chi connectivity index (χ1) is 21.0. The van der Waals surface area contributed by atoms with Gasteiger partial charge in [-0.25, -0.2) is 4.79 Å². The average Bonchev–Trinajstić information content (AvgIpc) is 2.98. The quantitative estimate of drug-likeness (QED) is 0.310. The van der Waals surface area contributed by atoms with Crippen LogP contribution in [0.3, 0.4) is 0 Å². The molecule has 1 aliphatic rings. The molecule has 9 heteroatoms. The lowest BCUT2D eigenvalue weighted by Crippen LogP contribution is -2.42. The molecule has 6 atom stereocenters. The van der Waals surface area contributed by atoms with E-state index in [1.165, 1.54) is 0 Å². The molecule has 0 saturated heterocycles. The maximum atomic E-state index is 12.8. The number of aliphatic hydroxyl groups is 3. The lowest BCUT2D eigenvalue weighted by atomic mass is 9.95. The highest BCUT2D eigenvalue weighted by molar-refractivity contribution is 5.91. The molecule has 9 nitrogen and oxygen atoms in total. The van der Waals surface area contributed by atoms with Crippen LogP contribution in [0.15, 0.2) is 35.5 Å². The van der Waals surface area contributed by atoms with Gasteiger partial charge in [-0.1, -0.05) is 57.9 Å². The molecule has 1 amide bonds. The molecule has 0 spiro atoms. The van der Waals surface area contributed by atoms with Crippen molar-refractivity contribution in [1.29, 1.82) is 0 Å². The van der Waals surface area contributed by atoms with Crippen molar-refractivity contribution in [2.24, 2.45) is 11.8 Å². The van der Waals surface area contributed by atoms with E-state index in [-0.39, 0.29) is 31.1 Å². The Bertz CT molecular complexity index is 943. The van der Waals surface area contributed by atoms with Gasteiger partial charge in [-0.3, -0.25) is 9.59 Å². The van der Waals surface area contributed by atoms with Crippen LogP contribution in [0.5, 0.6) is 0 Å². The Kier molecular flexibility index (Phi) is 20.8. The predicted molar refractivity (Wildman–Crippen MR) is 173 cm³/mol. The first-order valence-electron chi connectivity index (χ1n) is 16.6. The molecule has 1 rings (SSSR count). The average molecular weight is 622 g/mol. The van der Waals surface area contributed by atoms with Crippen LogP contribution < -0.4 is 5.32 Å². The predicted octanol–water partition coefficient (Wildman–Crippen LogP) is 5.12. The van der Waals surface area contributed by atoms with Gasteiger partial charge >= 0.3 is 5.97 Å². The van der Waals surface area contributed by atoms with E-state index in [4.69, 9.17) is 9.47 Å². The zero-order chi connectivity index (χ0) is 32.9. The lowest BCUT2D eigenvalue weighted by Gasteiger charge is -2.22. The minimum Gasteiger partial charge on any atom is -0.449 e. The number of hydrogen-bond acceptors (Lipinski definition) is 8. The topological polar surface area (TPSA) is 142 Å². The number of cyclic esters (lactones) is 1. The van der Waals surface area contributed by atoms with E-state index in [0.29, 0.717) is 50.2 Å². The summed E-state index contributed by atoms with van der Waals surface area (Å²) in [6, 6.07) is 0. The van der Waals surface area contributed by atoms with E-state index in [0.717, 1.165) is 44.1 Å². The Morgan fingerprint density at radius 3 is 2.39 bits per heavy atom. The van der Waals surface area contributed by atoms with Crippen LogP contribution in [0.1, 0.15) is 111 Å². The van der Waals surface area contributed by atoms with Crippen molar-refractivity contribution in [2.45, 2.75) is 136 Å². The number of aliphatic hydroxyl groups excluding tert-OH is 3. The SMILES string of the molecule is CCC[C@@H]1OC(=O)/C(C)=C/[C@H](C)CCCCC(=O)CCC[C@@H](CC)C=C/C=C(\COC)CC[C@@H](O)[C@@H](O)C[C@H](O)CNC1=O. The van der Waals surface area contributed by atoms with Crippen molar-refractivity contribution in [3.05, 3.63) is 35.5 Å². The second-order valence-corrected chi connectivity index (χ2v) is 12.3. The van der Waals surface area contributed by atoms with Gasteiger partial charge in [0.05, 0.1) is 24.9 Å². The highest BCUT2D eigenvalue weighted by Gasteiger charge is 2.25. The van der Waals surface area contributed by atoms with Crippen molar-refractivity contribution >= 4 is 17.7 Å². The molecule has 0 aromatic carbocycles. The molecule has 0 fully saturated rings. The number of esters is 1. The van der Waals surface area contributed by atoms with Gasteiger partial charge in [0.2, 0.25) is 0 Å². The third-order valence-corrected chi connectivity index (χ3v) is 8.14. The monoisotopic (exact) mass is 621 g/mol. The first-order valence-corrected chi connectivity index (χ1v) is 16.6. The van der Waals surface area contributed by atoms with E-state index >= 15 is 0 Å². The maximum Gasteiger partial charge on any atom is 0.334 e. The van der Waals surface area contributed by atoms with Gasteiger partial charge in [0.25, 0.3) is 5.91 Å². The normalized spacial score (nSPS) is 31.4. The van der Waals surface area contributed by atoms with E-state index < -0.39 is 36.3 Å². The van der Waals surface area contributed by atoms with Crippen LogP contribution in [0, 0.1) is 11.8 Å². The van der Waals surface area contributed by atoms with E-state index in [1.807, 2.05) is 32.1 Å². The molecule has 252 valence electrons. The highest BCUT2D eigenvalue weighted by atomic mass is 16.5. The van der Waals surface area contributed by atoms with Crippen molar-refractivity contribution in [2.75, 3.05) is 20.3 Å². The molecule has 0 aromatic heterocycles. The highest BCUT2D eigenvalue weighted by Crippen LogP contribution is 2.19. The Balaban J connectivity index is 3.00. The Hall–Kier alpha value is -2.33.